The van der Waals surface area contributed by atoms with Gasteiger partial charge in [0.2, 0.25) is 10.0 Å². The molecular formula is C11H23NO5S2. The van der Waals surface area contributed by atoms with E-state index in [2.05, 4.69) is 4.72 Å². The molecule has 0 aromatic carbocycles. The van der Waals surface area contributed by atoms with Gasteiger partial charge in [-0.2, -0.15) is 0 Å². The first kappa shape index (κ1) is 16.9. The highest BCUT2D eigenvalue weighted by Crippen LogP contribution is 2.19. The Morgan fingerprint density at radius 1 is 1.32 bits per heavy atom. The summed E-state index contributed by atoms with van der Waals surface area (Å²) in [6.07, 6.45) is 1.53. The molecule has 0 aromatic heterocycles. The Bertz CT molecular complexity index is 481. The predicted octanol–water partition coefficient (Wildman–Crippen LogP) is 0.0341. The van der Waals surface area contributed by atoms with Crippen LogP contribution in [-0.2, 0) is 19.9 Å². The lowest BCUT2D eigenvalue weighted by atomic mass is 10.0. The molecule has 6 nitrogen and oxygen atoms in total. The summed E-state index contributed by atoms with van der Waals surface area (Å²) in [6, 6.07) is 0. The number of hydrogen-bond donors (Lipinski definition) is 2. The maximum Gasteiger partial charge on any atom is 0.214 e. The summed E-state index contributed by atoms with van der Waals surface area (Å²) in [5, 5.41) is 9.26. The molecule has 0 spiro atoms. The molecule has 1 unspecified atom stereocenters. The Morgan fingerprint density at radius 3 is 2.32 bits per heavy atom. The summed E-state index contributed by atoms with van der Waals surface area (Å²) < 4.78 is 49.0. The lowest BCUT2D eigenvalue weighted by Gasteiger charge is -2.26. The smallest absolute Gasteiger partial charge is 0.214 e. The Kier molecular flexibility index (Phi) is 5.39. The molecule has 1 saturated heterocycles. The maximum absolute atomic E-state index is 12.0. The van der Waals surface area contributed by atoms with Crippen LogP contribution in [0.2, 0.25) is 0 Å². The molecule has 0 radical (unpaired) electrons. The number of sulfone groups is 1. The number of hydrogen-bond acceptors (Lipinski definition) is 5. The van der Waals surface area contributed by atoms with Gasteiger partial charge in [-0.25, -0.2) is 21.6 Å². The van der Waals surface area contributed by atoms with Gasteiger partial charge in [-0.15, -0.1) is 0 Å². The molecule has 1 heterocycles. The first-order valence-corrected chi connectivity index (χ1v) is 9.86. The third-order valence-electron chi connectivity index (χ3n) is 3.38. The maximum atomic E-state index is 12.0. The highest BCUT2D eigenvalue weighted by atomic mass is 32.2. The van der Waals surface area contributed by atoms with Gasteiger partial charge in [-0.05, 0) is 26.2 Å². The van der Waals surface area contributed by atoms with Crippen molar-refractivity contribution >= 4 is 19.9 Å². The molecule has 114 valence electrons. The first-order chi connectivity index (χ1) is 8.58. The van der Waals surface area contributed by atoms with Crippen LogP contribution in [0.15, 0.2) is 0 Å². The normalized spacial score (nSPS) is 23.9. The fraction of sp³-hybridized carbons (Fsp3) is 1.00. The van der Waals surface area contributed by atoms with Crippen LogP contribution in [0.4, 0.5) is 0 Å². The van der Waals surface area contributed by atoms with Crippen molar-refractivity contribution in [1.29, 1.82) is 0 Å². The topological polar surface area (TPSA) is 101 Å². The van der Waals surface area contributed by atoms with Crippen molar-refractivity contribution in [3.63, 3.8) is 0 Å². The van der Waals surface area contributed by atoms with Crippen LogP contribution in [0, 0.1) is 0 Å². The third kappa shape index (κ3) is 5.37. The van der Waals surface area contributed by atoms with Crippen molar-refractivity contribution in [1.82, 2.24) is 4.72 Å². The minimum atomic E-state index is -3.56. The Balaban J connectivity index is 2.58. The van der Waals surface area contributed by atoms with E-state index in [1.807, 2.05) is 6.92 Å². The van der Waals surface area contributed by atoms with Gasteiger partial charge in [0.05, 0.1) is 22.4 Å². The van der Waals surface area contributed by atoms with Gasteiger partial charge >= 0.3 is 0 Å². The van der Waals surface area contributed by atoms with Crippen molar-refractivity contribution in [2.75, 3.05) is 18.1 Å². The average Bonchev–Trinajstić information content (AvgIpc) is 2.26. The van der Waals surface area contributed by atoms with E-state index in [0.29, 0.717) is 6.42 Å². The zero-order valence-electron chi connectivity index (χ0n) is 11.4. The number of aliphatic hydroxyl groups is 1. The van der Waals surface area contributed by atoms with Crippen LogP contribution in [0.5, 0.6) is 0 Å². The van der Waals surface area contributed by atoms with E-state index in [-0.39, 0.29) is 30.9 Å². The second-order valence-electron chi connectivity index (χ2n) is 5.46. The molecule has 0 saturated carbocycles. The lowest BCUT2D eigenvalue weighted by molar-refractivity contribution is 0.0554. The molecule has 19 heavy (non-hydrogen) atoms. The van der Waals surface area contributed by atoms with Gasteiger partial charge in [0.1, 0.15) is 9.84 Å². The minimum absolute atomic E-state index is 0.0353. The zero-order chi connectivity index (χ0) is 14.7. The third-order valence-corrected chi connectivity index (χ3v) is 6.99. The second-order valence-corrected chi connectivity index (χ2v) is 9.81. The number of nitrogens with one attached hydrogen (secondary N) is 1. The molecule has 1 fully saturated rings. The van der Waals surface area contributed by atoms with E-state index in [0.717, 1.165) is 6.42 Å². The fourth-order valence-electron chi connectivity index (χ4n) is 2.18. The summed E-state index contributed by atoms with van der Waals surface area (Å²) >= 11 is 0. The van der Waals surface area contributed by atoms with Gasteiger partial charge < -0.3 is 5.11 Å². The zero-order valence-corrected chi connectivity index (χ0v) is 13.1. The van der Waals surface area contributed by atoms with Gasteiger partial charge in [0, 0.05) is 6.54 Å². The molecule has 0 aliphatic carbocycles. The van der Waals surface area contributed by atoms with Gasteiger partial charge in [-0.1, -0.05) is 13.3 Å². The van der Waals surface area contributed by atoms with Gasteiger partial charge in [0.25, 0.3) is 0 Å². The molecular weight excluding hydrogens is 290 g/mol. The summed E-state index contributed by atoms with van der Waals surface area (Å²) in [6.45, 7) is 3.46. The van der Waals surface area contributed by atoms with Crippen molar-refractivity contribution in [2.24, 2.45) is 0 Å². The molecule has 1 rings (SSSR count). The highest BCUT2D eigenvalue weighted by Gasteiger charge is 2.33. The molecule has 0 amide bonds. The predicted molar refractivity (Wildman–Crippen MR) is 74.1 cm³/mol. The Morgan fingerprint density at radius 2 is 1.84 bits per heavy atom. The van der Waals surface area contributed by atoms with Crippen LogP contribution in [-0.4, -0.2) is 50.8 Å². The molecule has 1 atom stereocenters. The van der Waals surface area contributed by atoms with Crippen molar-refractivity contribution < 1.29 is 21.9 Å². The monoisotopic (exact) mass is 313 g/mol. The minimum Gasteiger partial charge on any atom is -0.389 e. The molecule has 1 aliphatic heterocycles. The van der Waals surface area contributed by atoms with E-state index in [4.69, 9.17) is 0 Å². The van der Waals surface area contributed by atoms with E-state index >= 15 is 0 Å². The molecule has 2 N–H and O–H groups in total. The van der Waals surface area contributed by atoms with E-state index in [9.17, 15) is 21.9 Å². The standard InChI is InChI=1S/C11H23NO5S2/c1-3-6-11(2,13)9-12-19(16,17)10-4-7-18(14,15)8-5-10/h10,12-13H,3-9H2,1-2H3. The number of rotatable bonds is 6. The Hall–Kier alpha value is -0.180. The van der Waals surface area contributed by atoms with E-state index in [1.165, 1.54) is 0 Å². The van der Waals surface area contributed by atoms with Crippen LogP contribution in [0.3, 0.4) is 0 Å². The van der Waals surface area contributed by atoms with E-state index in [1.54, 1.807) is 6.92 Å². The molecule has 0 bridgehead atoms. The second kappa shape index (κ2) is 6.07. The van der Waals surface area contributed by atoms with Crippen molar-refractivity contribution in [2.45, 2.75) is 50.4 Å². The van der Waals surface area contributed by atoms with Crippen LogP contribution < -0.4 is 4.72 Å². The highest BCUT2D eigenvalue weighted by molar-refractivity contribution is 7.92. The fourth-order valence-corrected chi connectivity index (χ4v) is 5.57. The largest absolute Gasteiger partial charge is 0.389 e. The number of sulfonamides is 1. The average molecular weight is 313 g/mol. The summed E-state index contributed by atoms with van der Waals surface area (Å²) in [5.74, 6) is -0.159. The quantitative estimate of drug-likeness (QED) is 0.721. The summed E-state index contributed by atoms with van der Waals surface area (Å²) in [5.41, 5.74) is -1.07. The molecule has 0 aromatic rings. The van der Waals surface area contributed by atoms with E-state index < -0.39 is 30.7 Å². The summed E-state index contributed by atoms with van der Waals surface area (Å²) in [7, 11) is -6.63. The SMILES string of the molecule is CCCC(C)(O)CNS(=O)(=O)C1CCS(=O)(=O)CC1. The Labute approximate surface area is 115 Å². The van der Waals surface area contributed by atoms with Crippen LogP contribution >= 0.6 is 0 Å². The first-order valence-electron chi connectivity index (χ1n) is 6.49. The molecule has 8 heteroatoms. The molecule has 1 aliphatic rings. The van der Waals surface area contributed by atoms with Crippen LogP contribution in [0.25, 0.3) is 0 Å². The van der Waals surface area contributed by atoms with Crippen molar-refractivity contribution in [3.05, 3.63) is 0 Å². The summed E-state index contributed by atoms with van der Waals surface area (Å²) in [4.78, 5) is 0. The van der Waals surface area contributed by atoms with Gasteiger partial charge in [-0.3, -0.25) is 0 Å². The van der Waals surface area contributed by atoms with Gasteiger partial charge in [0.15, 0.2) is 0 Å². The lowest BCUT2D eigenvalue weighted by Crippen LogP contribution is -2.46. The van der Waals surface area contributed by atoms with Crippen LogP contribution in [0.1, 0.15) is 39.5 Å². The van der Waals surface area contributed by atoms with Crippen molar-refractivity contribution in [3.8, 4) is 0 Å².